The predicted octanol–water partition coefficient (Wildman–Crippen LogP) is 4.25. The summed E-state index contributed by atoms with van der Waals surface area (Å²) in [5, 5.41) is 12.7. The molecule has 7 nitrogen and oxygen atoms in total. The molecular formula is C25H32N2O5. The zero-order valence-corrected chi connectivity index (χ0v) is 19.0. The van der Waals surface area contributed by atoms with E-state index in [1.165, 1.54) is 0 Å². The molecule has 0 radical (unpaired) electrons. The summed E-state index contributed by atoms with van der Waals surface area (Å²) in [7, 11) is 1.70. The van der Waals surface area contributed by atoms with Gasteiger partial charge in [0, 0.05) is 32.3 Å². The maximum absolute atomic E-state index is 11.3. The molecule has 2 atom stereocenters. The number of carboxylic acids is 1. The summed E-state index contributed by atoms with van der Waals surface area (Å²) < 4.78 is 17.8. The molecule has 2 aliphatic rings. The number of nitrogens with zero attached hydrogens (tertiary/aromatic N) is 1. The lowest BCUT2D eigenvalue weighted by Crippen LogP contribution is -2.39. The molecule has 2 aromatic carbocycles. The second kappa shape index (κ2) is 9.79. The highest BCUT2D eigenvalue weighted by atomic mass is 16.5. The van der Waals surface area contributed by atoms with Crippen LogP contribution in [0.4, 0.5) is 5.69 Å². The minimum atomic E-state index is -0.912. The zero-order chi connectivity index (χ0) is 22.7. The number of benzene rings is 2. The largest absolute Gasteiger partial charge is 0.496 e. The number of aromatic carboxylic acids is 1. The van der Waals surface area contributed by atoms with Gasteiger partial charge in [-0.15, -0.1) is 0 Å². The fourth-order valence-electron chi connectivity index (χ4n) is 4.79. The van der Waals surface area contributed by atoms with Gasteiger partial charge in [-0.05, 0) is 56.0 Å². The number of rotatable bonds is 7. The van der Waals surface area contributed by atoms with Crippen molar-refractivity contribution in [3.05, 3.63) is 52.6 Å². The molecule has 0 bridgehead atoms. The third-order valence-electron chi connectivity index (χ3n) is 6.38. The smallest absolute Gasteiger partial charge is 0.335 e. The van der Waals surface area contributed by atoms with Crippen LogP contribution < -0.4 is 14.8 Å². The van der Waals surface area contributed by atoms with E-state index in [0.29, 0.717) is 25.3 Å². The Morgan fingerprint density at radius 1 is 1.31 bits per heavy atom. The summed E-state index contributed by atoms with van der Waals surface area (Å²) >= 11 is 0. The first-order chi connectivity index (χ1) is 15.5. The Balaban J connectivity index is 1.67. The number of carbonyl (C=O) groups is 1. The standard InChI is InChI=1S/C25H32N2O5/c1-4-31-19-9-11-27(21(14-19)17-5-7-18(8-6-17)25(28)29)15-20-22(30-3)13-16(2)23-24(20)32-12-10-26-23/h5-8,13,19,21,26H,4,9-12,14-15H2,1-3H3,(H,28,29)/t19-,21-/m0/s1. The van der Waals surface area contributed by atoms with E-state index in [1.807, 2.05) is 19.1 Å². The molecule has 2 heterocycles. The average Bonchev–Trinajstić information content (AvgIpc) is 2.81. The molecule has 2 aromatic rings. The third-order valence-corrected chi connectivity index (χ3v) is 6.38. The molecule has 1 saturated heterocycles. The van der Waals surface area contributed by atoms with Gasteiger partial charge in [-0.25, -0.2) is 4.79 Å². The van der Waals surface area contributed by atoms with Crippen LogP contribution in [0.2, 0.25) is 0 Å². The van der Waals surface area contributed by atoms with E-state index in [9.17, 15) is 9.90 Å². The van der Waals surface area contributed by atoms with Crippen molar-refractivity contribution in [1.29, 1.82) is 0 Å². The zero-order valence-electron chi connectivity index (χ0n) is 19.0. The molecule has 0 unspecified atom stereocenters. The number of carboxylic acid groups (broad SMARTS) is 1. The van der Waals surface area contributed by atoms with Crippen LogP contribution in [0, 0.1) is 6.92 Å². The molecule has 2 aliphatic heterocycles. The predicted molar refractivity (Wildman–Crippen MR) is 123 cm³/mol. The van der Waals surface area contributed by atoms with E-state index < -0.39 is 5.97 Å². The minimum absolute atomic E-state index is 0.112. The van der Waals surface area contributed by atoms with Crippen LogP contribution in [0.3, 0.4) is 0 Å². The van der Waals surface area contributed by atoms with Crippen LogP contribution in [0.25, 0.3) is 0 Å². The number of anilines is 1. The first kappa shape index (κ1) is 22.4. The molecule has 0 amide bonds. The molecule has 0 aromatic heterocycles. The van der Waals surface area contributed by atoms with Crippen LogP contribution in [0.5, 0.6) is 11.5 Å². The van der Waals surface area contributed by atoms with Gasteiger partial charge < -0.3 is 24.6 Å². The van der Waals surface area contributed by atoms with Gasteiger partial charge in [0.2, 0.25) is 0 Å². The van der Waals surface area contributed by atoms with E-state index in [-0.39, 0.29) is 12.1 Å². The number of hydrogen-bond acceptors (Lipinski definition) is 6. The highest BCUT2D eigenvalue weighted by molar-refractivity contribution is 5.87. The highest BCUT2D eigenvalue weighted by Gasteiger charge is 2.32. The van der Waals surface area contributed by atoms with Crippen LogP contribution in [-0.2, 0) is 11.3 Å². The number of aryl methyl sites for hydroxylation is 1. The minimum Gasteiger partial charge on any atom is -0.496 e. The van der Waals surface area contributed by atoms with Gasteiger partial charge >= 0.3 is 5.97 Å². The molecule has 1 fully saturated rings. The van der Waals surface area contributed by atoms with Crippen LogP contribution in [-0.4, -0.2) is 55.5 Å². The number of fused-ring (bicyclic) bond motifs is 1. The Hall–Kier alpha value is -2.77. The second-order valence-corrected chi connectivity index (χ2v) is 8.37. The van der Waals surface area contributed by atoms with Crippen LogP contribution in [0.1, 0.15) is 52.9 Å². The average molecular weight is 441 g/mol. The SMILES string of the molecule is CCO[C@H]1CCN(Cc2c(OC)cc(C)c3c2OCCN3)[C@H](c2ccc(C(=O)O)cc2)C1. The summed E-state index contributed by atoms with van der Waals surface area (Å²) in [4.78, 5) is 13.7. The van der Waals surface area contributed by atoms with E-state index in [1.54, 1.807) is 19.2 Å². The number of ether oxygens (including phenoxy) is 3. The lowest BCUT2D eigenvalue weighted by atomic mass is 9.91. The molecule has 0 saturated carbocycles. The third kappa shape index (κ3) is 4.54. The first-order valence-electron chi connectivity index (χ1n) is 11.3. The van der Waals surface area contributed by atoms with Gasteiger partial charge in [-0.1, -0.05) is 12.1 Å². The van der Waals surface area contributed by atoms with Crippen molar-refractivity contribution in [2.24, 2.45) is 0 Å². The Kier molecular flexibility index (Phi) is 6.86. The Bertz CT molecular complexity index is 960. The van der Waals surface area contributed by atoms with Crippen molar-refractivity contribution in [3.63, 3.8) is 0 Å². The highest BCUT2D eigenvalue weighted by Crippen LogP contribution is 2.43. The lowest BCUT2D eigenvalue weighted by Gasteiger charge is -2.40. The van der Waals surface area contributed by atoms with E-state index >= 15 is 0 Å². The van der Waals surface area contributed by atoms with Crippen molar-refractivity contribution >= 4 is 11.7 Å². The van der Waals surface area contributed by atoms with Crippen LogP contribution in [0.15, 0.2) is 30.3 Å². The van der Waals surface area contributed by atoms with Gasteiger partial charge in [0.1, 0.15) is 12.4 Å². The van der Waals surface area contributed by atoms with Crippen molar-refractivity contribution in [3.8, 4) is 11.5 Å². The Labute approximate surface area is 189 Å². The number of nitrogens with one attached hydrogen (secondary N) is 1. The summed E-state index contributed by atoms with van der Waals surface area (Å²) in [6.07, 6.45) is 2.00. The second-order valence-electron chi connectivity index (χ2n) is 8.37. The first-order valence-corrected chi connectivity index (χ1v) is 11.3. The van der Waals surface area contributed by atoms with E-state index in [4.69, 9.17) is 14.2 Å². The van der Waals surface area contributed by atoms with Gasteiger partial charge in [0.15, 0.2) is 5.75 Å². The Morgan fingerprint density at radius 3 is 2.78 bits per heavy atom. The molecule has 32 heavy (non-hydrogen) atoms. The van der Waals surface area contributed by atoms with Crippen molar-refractivity contribution < 1.29 is 24.1 Å². The summed E-state index contributed by atoms with van der Waals surface area (Å²) in [5.74, 6) is 0.793. The fourth-order valence-corrected chi connectivity index (χ4v) is 4.79. The van der Waals surface area contributed by atoms with Crippen LogP contribution >= 0.6 is 0 Å². The lowest BCUT2D eigenvalue weighted by molar-refractivity contribution is -0.0141. The molecule has 0 spiro atoms. The summed E-state index contributed by atoms with van der Waals surface area (Å²) in [6.45, 7) is 7.74. The molecule has 172 valence electrons. The molecule has 0 aliphatic carbocycles. The molecular weight excluding hydrogens is 408 g/mol. The number of piperidine rings is 1. The normalized spacial score (nSPS) is 20.7. The van der Waals surface area contributed by atoms with Crippen molar-refractivity contribution in [1.82, 2.24) is 4.90 Å². The fraction of sp³-hybridized carbons (Fsp3) is 0.480. The van der Waals surface area contributed by atoms with Gasteiger partial charge in [-0.2, -0.15) is 0 Å². The molecule has 4 rings (SSSR count). The van der Waals surface area contributed by atoms with Gasteiger partial charge in [0.05, 0.1) is 30.0 Å². The van der Waals surface area contributed by atoms with E-state index in [2.05, 4.69) is 23.2 Å². The summed E-state index contributed by atoms with van der Waals surface area (Å²) in [5.41, 5.74) is 4.58. The molecule has 2 N–H and O–H groups in total. The van der Waals surface area contributed by atoms with E-state index in [0.717, 1.165) is 59.8 Å². The quantitative estimate of drug-likeness (QED) is 0.666. The topological polar surface area (TPSA) is 80.3 Å². The van der Waals surface area contributed by atoms with Gasteiger partial charge in [-0.3, -0.25) is 4.90 Å². The number of hydrogen-bond donors (Lipinski definition) is 2. The Morgan fingerprint density at radius 2 is 2.09 bits per heavy atom. The monoisotopic (exact) mass is 440 g/mol. The maximum atomic E-state index is 11.3. The van der Waals surface area contributed by atoms with Gasteiger partial charge in [0.25, 0.3) is 0 Å². The maximum Gasteiger partial charge on any atom is 0.335 e. The van der Waals surface area contributed by atoms with Crippen molar-refractivity contribution in [2.75, 3.05) is 38.7 Å². The van der Waals surface area contributed by atoms with Crippen molar-refractivity contribution in [2.45, 2.75) is 45.4 Å². The number of methoxy groups -OCH3 is 1. The molecule has 7 heteroatoms. The number of likely N-dealkylation sites (tertiary alicyclic amines) is 1. The summed E-state index contributed by atoms with van der Waals surface area (Å²) in [6, 6.07) is 9.40.